The molecule has 2 aromatic heterocycles. The Morgan fingerprint density at radius 1 is 1.09 bits per heavy atom. The first-order valence-corrected chi connectivity index (χ1v) is 11.7. The summed E-state index contributed by atoms with van der Waals surface area (Å²) in [6.45, 7) is 4.89. The van der Waals surface area contributed by atoms with E-state index in [4.69, 9.17) is 4.74 Å². The van der Waals surface area contributed by atoms with Gasteiger partial charge in [0.25, 0.3) is 5.95 Å². The van der Waals surface area contributed by atoms with E-state index in [0.29, 0.717) is 30.0 Å². The zero-order chi connectivity index (χ0) is 23.0. The molecule has 9 nitrogen and oxygen atoms in total. The maximum absolute atomic E-state index is 12.0. The van der Waals surface area contributed by atoms with Crippen LogP contribution in [0.2, 0.25) is 0 Å². The van der Waals surface area contributed by atoms with Crippen LogP contribution in [-0.2, 0) is 11.2 Å². The van der Waals surface area contributed by atoms with Crippen molar-refractivity contribution in [1.82, 2.24) is 24.7 Å². The zero-order valence-electron chi connectivity index (χ0n) is 19.3. The predicted molar refractivity (Wildman–Crippen MR) is 127 cm³/mol. The van der Waals surface area contributed by atoms with E-state index in [1.165, 1.54) is 32.1 Å². The third-order valence-corrected chi connectivity index (χ3v) is 5.61. The summed E-state index contributed by atoms with van der Waals surface area (Å²) in [7, 11) is 0. The first kappa shape index (κ1) is 22.7. The molecule has 0 fully saturated rings. The molecule has 0 saturated heterocycles. The van der Waals surface area contributed by atoms with Crippen molar-refractivity contribution in [2.75, 3.05) is 17.2 Å². The molecular formula is C24H31N7O2. The van der Waals surface area contributed by atoms with Crippen molar-refractivity contribution >= 4 is 23.6 Å². The molecule has 1 aliphatic rings. The van der Waals surface area contributed by atoms with Crippen LogP contribution < -0.4 is 15.4 Å². The quantitative estimate of drug-likeness (QED) is 0.247. The van der Waals surface area contributed by atoms with E-state index in [0.717, 1.165) is 24.2 Å². The first-order chi connectivity index (χ1) is 16.1. The summed E-state index contributed by atoms with van der Waals surface area (Å²) in [4.78, 5) is 25.5. The number of carbonyl (C=O) groups excluding carboxylic acids is 1. The topological polar surface area (TPSA) is 107 Å². The molecule has 9 heteroatoms. The molecule has 1 aromatic carbocycles. The summed E-state index contributed by atoms with van der Waals surface area (Å²) in [6, 6.07) is 7.53. The van der Waals surface area contributed by atoms with Crippen molar-refractivity contribution in [2.45, 2.75) is 58.8 Å². The summed E-state index contributed by atoms with van der Waals surface area (Å²) < 4.78 is 7.07. The molecule has 1 unspecified atom stereocenters. The lowest BCUT2D eigenvalue weighted by atomic mass is 9.97. The number of hydrogen-bond donors (Lipinski definition) is 2. The number of rotatable bonds is 11. The normalized spacial score (nSPS) is 15.1. The lowest BCUT2D eigenvalue weighted by molar-refractivity contribution is -0.139. The molecule has 0 bridgehead atoms. The van der Waals surface area contributed by atoms with Crippen molar-refractivity contribution < 1.29 is 9.53 Å². The predicted octanol–water partition coefficient (Wildman–Crippen LogP) is 4.67. The molecule has 3 aromatic rings. The number of ether oxygens (including phenoxy) is 1. The van der Waals surface area contributed by atoms with Gasteiger partial charge in [-0.05, 0) is 30.5 Å². The molecule has 33 heavy (non-hydrogen) atoms. The minimum absolute atomic E-state index is 0.128. The monoisotopic (exact) mass is 449 g/mol. The number of benzene rings is 1. The fourth-order valence-corrected chi connectivity index (χ4v) is 3.74. The van der Waals surface area contributed by atoms with Crippen LogP contribution >= 0.6 is 0 Å². The first-order valence-electron chi connectivity index (χ1n) is 11.7. The fraction of sp³-hybridized carbons (Fsp3) is 0.458. The molecule has 0 spiro atoms. The molecular weight excluding hydrogens is 418 g/mol. The maximum atomic E-state index is 12.0. The largest absolute Gasteiger partial charge is 0.426 e. The van der Waals surface area contributed by atoms with Gasteiger partial charge in [-0.3, -0.25) is 4.79 Å². The Hall–Kier alpha value is -3.49. The lowest BCUT2D eigenvalue weighted by Gasteiger charge is -2.21. The second-order valence-electron chi connectivity index (χ2n) is 8.40. The van der Waals surface area contributed by atoms with Gasteiger partial charge in [0.05, 0.1) is 5.92 Å². The Labute approximate surface area is 194 Å². The van der Waals surface area contributed by atoms with E-state index in [1.54, 1.807) is 23.1 Å². The van der Waals surface area contributed by atoms with E-state index in [1.807, 2.05) is 25.1 Å². The van der Waals surface area contributed by atoms with Crippen molar-refractivity contribution in [3.05, 3.63) is 42.2 Å². The Morgan fingerprint density at radius 2 is 1.91 bits per heavy atom. The van der Waals surface area contributed by atoms with Gasteiger partial charge in [0.1, 0.15) is 5.75 Å². The Bertz CT molecular complexity index is 1070. The SMILES string of the molecule is CCCCCCCCNc1nc(Nc2ccc3c(c2)OC(=O)C(C)C3)nc(-n2cccn2)n1. The molecule has 174 valence electrons. The number of nitrogens with zero attached hydrogens (tertiary/aromatic N) is 5. The highest BCUT2D eigenvalue weighted by Gasteiger charge is 2.24. The van der Waals surface area contributed by atoms with E-state index >= 15 is 0 Å². The van der Waals surface area contributed by atoms with Crippen LogP contribution in [0.3, 0.4) is 0 Å². The van der Waals surface area contributed by atoms with Crippen molar-refractivity contribution in [3.8, 4) is 11.7 Å². The standard InChI is InChI=1S/C24H31N7O2/c1-3-4-5-6-7-8-12-25-22-28-23(30-24(29-22)31-14-9-13-26-31)27-19-11-10-18-15-17(2)21(32)33-20(18)16-19/h9-11,13-14,16-17H,3-8,12,15H2,1-2H3,(H2,25,27,28,29,30). The summed E-state index contributed by atoms with van der Waals surface area (Å²) >= 11 is 0. The Balaban J connectivity index is 1.47. The third kappa shape index (κ3) is 6.06. The second kappa shape index (κ2) is 10.9. The molecule has 0 aliphatic carbocycles. The van der Waals surface area contributed by atoms with Gasteiger partial charge in [-0.25, -0.2) is 4.68 Å². The van der Waals surface area contributed by atoms with Crippen molar-refractivity contribution in [3.63, 3.8) is 0 Å². The van der Waals surface area contributed by atoms with Gasteiger partial charge in [0, 0.05) is 30.7 Å². The van der Waals surface area contributed by atoms with Gasteiger partial charge < -0.3 is 15.4 Å². The fourth-order valence-electron chi connectivity index (χ4n) is 3.74. The van der Waals surface area contributed by atoms with Crippen LogP contribution in [0.5, 0.6) is 5.75 Å². The summed E-state index contributed by atoms with van der Waals surface area (Å²) in [5, 5.41) is 10.8. The average molecular weight is 450 g/mol. The molecule has 2 N–H and O–H groups in total. The minimum Gasteiger partial charge on any atom is -0.426 e. The molecule has 0 saturated carbocycles. The van der Waals surface area contributed by atoms with E-state index in [2.05, 4.69) is 37.6 Å². The van der Waals surface area contributed by atoms with Crippen LogP contribution in [-0.4, -0.2) is 37.2 Å². The number of hydrogen-bond acceptors (Lipinski definition) is 8. The lowest BCUT2D eigenvalue weighted by Crippen LogP contribution is -2.25. The average Bonchev–Trinajstić information content (AvgIpc) is 3.34. The number of fused-ring (bicyclic) bond motifs is 1. The van der Waals surface area contributed by atoms with Gasteiger partial charge in [-0.2, -0.15) is 20.1 Å². The van der Waals surface area contributed by atoms with Crippen molar-refractivity contribution in [1.29, 1.82) is 0 Å². The number of unbranched alkanes of at least 4 members (excludes halogenated alkanes) is 5. The Morgan fingerprint density at radius 3 is 2.73 bits per heavy atom. The molecule has 4 rings (SSSR count). The maximum Gasteiger partial charge on any atom is 0.314 e. The summed E-state index contributed by atoms with van der Waals surface area (Å²) in [6.07, 6.45) is 11.5. The molecule has 1 atom stereocenters. The van der Waals surface area contributed by atoms with E-state index in [-0.39, 0.29) is 11.9 Å². The summed E-state index contributed by atoms with van der Waals surface area (Å²) in [5.41, 5.74) is 1.75. The van der Waals surface area contributed by atoms with Crippen LogP contribution in [0.4, 0.5) is 17.6 Å². The van der Waals surface area contributed by atoms with Crippen molar-refractivity contribution in [2.24, 2.45) is 5.92 Å². The third-order valence-electron chi connectivity index (χ3n) is 5.61. The van der Waals surface area contributed by atoms with Crippen LogP contribution in [0.25, 0.3) is 5.95 Å². The smallest absolute Gasteiger partial charge is 0.314 e. The molecule has 0 radical (unpaired) electrons. The molecule has 1 aliphatic heterocycles. The van der Waals surface area contributed by atoms with Crippen LogP contribution in [0.1, 0.15) is 57.9 Å². The minimum atomic E-state index is -0.207. The molecule has 3 heterocycles. The van der Waals surface area contributed by atoms with Gasteiger partial charge in [-0.1, -0.05) is 52.0 Å². The number of carbonyl (C=O) groups is 1. The highest BCUT2D eigenvalue weighted by Crippen LogP contribution is 2.31. The van der Waals surface area contributed by atoms with Gasteiger partial charge in [0.15, 0.2) is 0 Å². The number of nitrogens with one attached hydrogen (secondary N) is 2. The van der Waals surface area contributed by atoms with Gasteiger partial charge in [-0.15, -0.1) is 0 Å². The van der Waals surface area contributed by atoms with Crippen LogP contribution in [0, 0.1) is 5.92 Å². The number of anilines is 3. The number of esters is 1. The second-order valence-corrected chi connectivity index (χ2v) is 8.40. The molecule has 0 amide bonds. The Kier molecular flexibility index (Phi) is 7.49. The highest BCUT2D eigenvalue weighted by molar-refractivity contribution is 5.78. The number of aromatic nitrogens is 5. The van der Waals surface area contributed by atoms with Crippen LogP contribution in [0.15, 0.2) is 36.7 Å². The summed E-state index contributed by atoms with van der Waals surface area (Å²) in [5.74, 6) is 1.53. The van der Waals surface area contributed by atoms with E-state index < -0.39 is 0 Å². The highest BCUT2D eigenvalue weighted by atomic mass is 16.5. The van der Waals surface area contributed by atoms with E-state index in [9.17, 15) is 4.79 Å². The van der Waals surface area contributed by atoms with Gasteiger partial charge in [0.2, 0.25) is 11.9 Å². The van der Waals surface area contributed by atoms with Gasteiger partial charge >= 0.3 is 5.97 Å². The zero-order valence-corrected chi connectivity index (χ0v) is 19.3.